The Labute approximate surface area is 288 Å². The highest BCUT2D eigenvalue weighted by molar-refractivity contribution is 8.13. The van der Waals surface area contributed by atoms with E-state index >= 15 is 0 Å². The molecule has 0 aliphatic rings. The Balaban J connectivity index is 4.69. The summed E-state index contributed by atoms with van der Waals surface area (Å²) in [6, 6.07) is 0. The lowest BCUT2D eigenvalue weighted by Crippen LogP contribution is -2.32. The third-order valence-corrected chi connectivity index (χ3v) is 9.10. The molecule has 0 saturated heterocycles. The van der Waals surface area contributed by atoms with Crippen LogP contribution in [0.2, 0.25) is 0 Å². The van der Waals surface area contributed by atoms with E-state index in [-0.39, 0.29) is 29.7 Å². The van der Waals surface area contributed by atoms with E-state index in [1.165, 1.54) is 88.8 Å². The van der Waals surface area contributed by atoms with E-state index in [1.807, 2.05) is 20.2 Å². The summed E-state index contributed by atoms with van der Waals surface area (Å²) in [4.78, 5) is 42.0. The maximum Gasteiger partial charge on any atom is 0.307 e. The molecule has 0 aromatic rings. The van der Waals surface area contributed by atoms with Crippen molar-refractivity contribution in [3.63, 3.8) is 0 Å². The van der Waals surface area contributed by atoms with Crippen molar-refractivity contribution in [2.24, 2.45) is 0 Å². The fourth-order valence-electron chi connectivity index (χ4n) is 5.22. The van der Waals surface area contributed by atoms with Crippen LogP contribution in [0.25, 0.3) is 0 Å². The summed E-state index contributed by atoms with van der Waals surface area (Å²) in [6.07, 6.45) is 26.9. The maximum absolute atomic E-state index is 13.1. The van der Waals surface area contributed by atoms with Gasteiger partial charge in [0.25, 0.3) is 5.24 Å². The predicted molar refractivity (Wildman–Crippen MR) is 197 cm³/mol. The number of nitrogens with zero attached hydrogens (tertiary/aromatic N) is 2. The number of allylic oxidation sites excluding steroid dienone is 1. The molecule has 0 aliphatic heterocycles. The number of carbonyl (C=O) groups excluding carboxylic acids is 3. The number of rotatable bonds is 32. The summed E-state index contributed by atoms with van der Waals surface area (Å²) in [5.74, 6) is 0.348. The Bertz CT molecular complexity index is 747. The van der Waals surface area contributed by atoms with Crippen LogP contribution in [0, 0.1) is 0 Å². The zero-order valence-corrected chi connectivity index (χ0v) is 31.5. The number of amides is 1. The minimum absolute atomic E-state index is 0.0129. The summed E-state index contributed by atoms with van der Waals surface area (Å²) in [5, 5.41) is 0.0129. The Hall–Kier alpha value is -1.54. The lowest BCUT2D eigenvalue weighted by atomic mass is 10.0. The van der Waals surface area contributed by atoms with Crippen LogP contribution in [0.4, 0.5) is 4.79 Å². The van der Waals surface area contributed by atoms with Crippen LogP contribution in [0.1, 0.15) is 162 Å². The molecule has 8 heteroatoms. The van der Waals surface area contributed by atoms with E-state index in [2.05, 4.69) is 31.7 Å². The third-order valence-electron chi connectivity index (χ3n) is 8.21. The van der Waals surface area contributed by atoms with Gasteiger partial charge in [0, 0.05) is 31.8 Å². The van der Waals surface area contributed by atoms with Gasteiger partial charge in [-0.1, -0.05) is 122 Å². The number of thioether (sulfide) groups is 1. The number of esters is 2. The molecule has 0 spiro atoms. The molecule has 0 unspecified atom stereocenters. The van der Waals surface area contributed by atoms with Crippen molar-refractivity contribution < 1.29 is 23.9 Å². The fraction of sp³-hybridized carbons (Fsp3) is 0.868. The van der Waals surface area contributed by atoms with E-state index in [4.69, 9.17) is 9.47 Å². The molecular weight excluding hydrogens is 596 g/mol. The number of ether oxygens (including phenoxy) is 2. The molecule has 46 heavy (non-hydrogen) atoms. The molecule has 0 aromatic heterocycles. The maximum atomic E-state index is 13.1. The van der Waals surface area contributed by atoms with Crippen LogP contribution in [0.5, 0.6) is 0 Å². The Kier molecular flexibility index (Phi) is 32.2. The van der Waals surface area contributed by atoms with Crippen LogP contribution in [-0.2, 0) is 19.1 Å². The van der Waals surface area contributed by atoms with Gasteiger partial charge in [0.15, 0.2) is 0 Å². The summed E-state index contributed by atoms with van der Waals surface area (Å²) in [7, 11) is 4.00. The second-order valence-electron chi connectivity index (χ2n) is 13.0. The van der Waals surface area contributed by atoms with Crippen molar-refractivity contribution in [3.8, 4) is 0 Å². The normalized spacial score (nSPS) is 11.5. The highest BCUT2D eigenvalue weighted by Gasteiger charge is 2.19. The van der Waals surface area contributed by atoms with Crippen molar-refractivity contribution in [1.29, 1.82) is 0 Å². The van der Waals surface area contributed by atoms with Gasteiger partial charge >= 0.3 is 11.9 Å². The van der Waals surface area contributed by atoms with E-state index in [9.17, 15) is 14.4 Å². The fourth-order valence-corrected chi connectivity index (χ4v) is 6.22. The highest BCUT2D eigenvalue weighted by Crippen LogP contribution is 2.18. The predicted octanol–water partition coefficient (Wildman–Crippen LogP) is 10.4. The number of carbonyl (C=O) groups is 3. The van der Waals surface area contributed by atoms with Gasteiger partial charge in [-0.15, -0.1) is 0 Å². The van der Waals surface area contributed by atoms with Crippen molar-refractivity contribution in [2.75, 3.05) is 46.1 Å². The lowest BCUT2D eigenvalue weighted by molar-refractivity contribution is -0.150. The van der Waals surface area contributed by atoms with Gasteiger partial charge in [0.05, 0.1) is 6.42 Å². The Morgan fingerprint density at radius 1 is 0.630 bits per heavy atom. The number of hydrogen-bond acceptors (Lipinski definition) is 7. The molecule has 0 N–H and O–H groups in total. The van der Waals surface area contributed by atoms with E-state index < -0.39 is 0 Å². The molecule has 0 bridgehead atoms. The molecule has 0 heterocycles. The summed E-state index contributed by atoms with van der Waals surface area (Å²) >= 11 is 1.31. The first kappa shape index (κ1) is 44.5. The monoisotopic (exact) mass is 669 g/mol. The molecule has 0 aromatic carbocycles. The van der Waals surface area contributed by atoms with Crippen molar-refractivity contribution in [3.05, 3.63) is 12.2 Å². The van der Waals surface area contributed by atoms with Crippen molar-refractivity contribution in [2.45, 2.75) is 168 Å². The molecule has 0 rings (SSSR count). The lowest BCUT2D eigenvalue weighted by Gasteiger charge is -2.23. The van der Waals surface area contributed by atoms with Gasteiger partial charge in [-0.25, -0.2) is 0 Å². The first-order valence-electron chi connectivity index (χ1n) is 18.9. The van der Waals surface area contributed by atoms with Crippen LogP contribution in [0.3, 0.4) is 0 Å². The zero-order valence-electron chi connectivity index (χ0n) is 30.7. The van der Waals surface area contributed by atoms with Crippen LogP contribution >= 0.6 is 11.8 Å². The highest BCUT2D eigenvalue weighted by atomic mass is 32.2. The van der Waals surface area contributed by atoms with Gasteiger partial charge in [0.2, 0.25) is 0 Å². The van der Waals surface area contributed by atoms with E-state index in [0.717, 1.165) is 57.9 Å². The van der Waals surface area contributed by atoms with Crippen LogP contribution < -0.4 is 0 Å². The van der Waals surface area contributed by atoms with Gasteiger partial charge in [-0.05, 0) is 65.5 Å². The van der Waals surface area contributed by atoms with E-state index in [1.54, 1.807) is 4.90 Å². The zero-order chi connectivity index (χ0) is 34.1. The van der Waals surface area contributed by atoms with E-state index in [0.29, 0.717) is 31.9 Å². The molecule has 0 aliphatic carbocycles. The van der Waals surface area contributed by atoms with Gasteiger partial charge in [-0.3, -0.25) is 14.4 Å². The summed E-state index contributed by atoms with van der Waals surface area (Å²) < 4.78 is 11.3. The Morgan fingerprint density at radius 3 is 1.83 bits per heavy atom. The molecule has 270 valence electrons. The largest absolute Gasteiger partial charge is 0.462 e. The van der Waals surface area contributed by atoms with Crippen LogP contribution in [0.15, 0.2) is 12.2 Å². The number of unbranched alkanes of at least 4 members (excludes halogenated alkanes) is 14. The van der Waals surface area contributed by atoms with Crippen molar-refractivity contribution >= 4 is 28.9 Å². The van der Waals surface area contributed by atoms with Crippen molar-refractivity contribution in [1.82, 2.24) is 9.80 Å². The SMILES string of the molecule is CCCCCC/C=C\COC(=O)CCCCCN(CCC(=O)OC(CCCCCCC)CCCCCCC)C(=O)SCCN(C)C. The minimum atomic E-state index is -0.194. The molecular formula is C38H72N2O5S. The molecule has 0 saturated carbocycles. The summed E-state index contributed by atoms with van der Waals surface area (Å²) in [5.41, 5.74) is 0. The molecule has 0 fully saturated rings. The summed E-state index contributed by atoms with van der Waals surface area (Å²) in [6.45, 7) is 8.77. The molecule has 1 amide bonds. The van der Waals surface area contributed by atoms with Crippen LogP contribution in [-0.4, -0.2) is 79.2 Å². The molecule has 0 radical (unpaired) electrons. The topological polar surface area (TPSA) is 76.1 Å². The minimum Gasteiger partial charge on any atom is -0.462 e. The smallest absolute Gasteiger partial charge is 0.307 e. The molecule has 7 nitrogen and oxygen atoms in total. The Morgan fingerprint density at radius 2 is 1.22 bits per heavy atom. The third kappa shape index (κ3) is 29.8. The second kappa shape index (κ2) is 33.4. The second-order valence-corrected chi connectivity index (χ2v) is 14.0. The quantitative estimate of drug-likeness (QED) is 0.0401. The standard InChI is InChI=1S/C38H72N2O5S/c1-6-9-12-15-16-19-25-33-44-36(41)28-23-20-24-30-40(38(43)46-34-32-39(4)5)31-29-37(42)45-35(26-21-17-13-10-7-2)27-22-18-14-11-8-3/h19,25,35H,6-18,20-24,26-34H2,1-5H3/b25-19-. The average molecular weight is 669 g/mol. The number of hydrogen-bond donors (Lipinski definition) is 0. The first-order valence-corrected chi connectivity index (χ1v) is 19.9. The molecule has 0 atom stereocenters. The van der Waals surface area contributed by atoms with Gasteiger partial charge in [-0.2, -0.15) is 0 Å². The van der Waals surface area contributed by atoms with Gasteiger partial charge in [0.1, 0.15) is 12.7 Å². The van der Waals surface area contributed by atoms with Gasteiger partial charge < -0.3 is 19.3 Å². The average Bonchev–Trinajstić information content (AvgIpc) is 3.02. The first-order chi connectivity index (χ1) is 22.3.